The molecule has 0 bridgehead atoms. The third-order valence-electron chi connectivity index (χ3n) is 3.05. The average molecular weight is 356 g/mol. The molecule has 2 amide bonds. The SMILES string of the molecule is Cc1ccc(OCC(=O)NNC(=O)c2cn(C)nc2C(F)(F)F)cc1. The summed E-state index contributed by atoms with van der Waals surface area (Å²) in [6.07, 6.45) is -3.88. The van der Waals surface area contributed by atoms with Crippen LogP contribution in [0.3, 0.4) is 0 Å². The Morgan fingerprint density at radius 1 is 1.20 bits per heavy atom. The van der Waals surface area contributed by atoms with E-state index in [1.807, 2.05) is 17.8 Å². The molecular formula is C15H15F3N4O3. The van der Waals surface area contributed by atoms with Gasteiger partial charge in [0.25, 0.3) is 11.8 Å². The lowest BCUT2D eigenvalue weighted by Gasteiger charge is -2.09. The number of hydrogen-bond donors (Lipinski definition) is 2. The van der Waals surface area contributed by atoms with Crippen LogP contribution < -0.4 is 15.6 Å². The Kier molecular flexibility index (Phi) is 5.30. The Morgan fingerprint density at radius 3 is 2.44 bits per heavy atom. The third kappa shape index (κ3) is 4.96. The molecule has 2 aromatic rings. The van der Waals surface area contributed by atoms with Crippen LogP contribution in [0, 0.1) is 6.92 Å². The number of carbonyl (C=O) groups is 2. The van der Waals surface area contributed by atoms with Crippen LogP contribution in [0.5, 0.6) is 5.75 Å². The molecule has 134 valence electrons. The first-order valence-electron chi connectivity index (χ1n) is 7.06. The Morgan fingerprint density at radius 2 is 1.84 bits per heavy atom. The van der Waals surface area contributed by atoms with Gasteiger partial charge in [0.05, 0.1) is 5.56 Å². The zero-order chi connectivity index (χ0) is 18.6. The number of aromatic nitrogens is 2. The van der Waals surface area contributed by atoms with Gasteiger partial charge in [-0.1, -0.05) is 17.7 Å². The van der Waals surface area contributed by atoms with Crippen LogP contribution in [0.15, 0.2) is 30.5 Å². The molecule has 0 aliphatic rings. The van der Waals surface area contributed by atoms with E-state index in [4.69, 9.17) is 4.74 Å². The predicted octanol–water partition coefficient (Wildman–Crippen LogP) is 1.59. The van der Waals surface area contributed by atoms with Gasteiger partial charge >= 0.3 is 6.18 Å². The molecule has 0 aliphatic carbocycles. The van der Waals surface area contributed by atoms with Crippen LogP contribution in [-0.2, 0) is 18.0 Å². The molecule has 0 aliphatic heterocycles. The van der Waals surface area contributed by atoms with Crippen molar-refractivity contribution in [2.24, 2.45) is 7.05 Å². The summed E-state index contributed by atoms with van der Waals surface area (Å²) in [5, 5.41) is 3.21. The van der Waals surface area contributed by atoms with Gasteiger partial charge in [-0.15, -0.1) is 0 Å². The molecule has 0 fully saturated rings. The van der Waals surface area contributed by atoms with Gasteiger partial charge in [-0.3, -0.25) is 25.1 Å². The highest BCUT2D eigenvalue weighted by molar-refractivity contribution is 5.96. The van der Waals surface area contributed by atoms with E-state index < -0.39 is 35.9 Å². The first kappa shape index (κ1) is 18.3. The molecule has 0 saturated carbocycles. The van der Waals surface area contributed by atoms with Crippen LogP contribution in [0.1, 0.15) is 21.6 Å². The fourth-order valence-corrected chi connectivity index (χ4v) is 1.88. The molecule has 0 unspecified atom stereocenters. The highest BCUT2D eigenvalue weighted by Gasteiger charge is 2.39. The average Bonchev–Trinajstić information content (AvgIpc) is 2.94. The lowest BCUT2D eigenvalue weighted by Crippen LogP contribution is -2.44. The molecule has 0 saturated heterocycles. The lowest BCUT2D eigenvalue weighted by atomic mass is 10.2. The Hall–Kier alpha value is -3.04. The highest BCUT2D eigenvalue weighted by Crippen LogP contribution is 2.30. The molecule has 1 aromatic carbocycles. The smallest absolute Gasteiger partial charge is 0.435 e. The number of nitrogens with one attached hydrogen (secondary N) is 2. The maximum atomic E-state index is 12.8. The Bertz CT molecular complexity index is 769. The van der Waals surface area contributed by atoms with Crippen molar-refractivity contribution < 1.29 is 27.5 Å². The summed E-state index contributed by atoms with van der Waals surface area (Å²) in [5.74, 6) is -1.42. The minimum absolute atomic E-state index is 0.414. The number of hydrogen-bond acceptors (Lipinski definition) is 4. The summed E-state index contributed by atoms with van der Waals surface area (Å²) in [6.45, 7) is 1.47. The Labute approximate surface area is 140 Å². The summed E-state index contributed by atoms with van der Waals surface area (Å²) in [6, 6.07) is 6.89. The number of hydrazine groups is 1. The molecule has 7 nitrogen and oxygen atoms in total. The molecule has 2 rings (SSSR count). The van der Waals surface area contributed by atoms with Gasteiger partial charge in [-0.25, -0.2) is 0 Å². The number of carbonyl (C=O) groups excluding carboxylic acids is 2. The number of aryl methyl sites for hydroxylation is 2. The molecule has 2 N–H and O–H groups in total. The van der Waals surface area contributed by atoms with Crippen LogP contribution in [0.4, 0.5) is 13.2 Å². The number of halogens is 3. The number of amides is 2. The normalized spacial score (nSPS) is 11.1. The van der Waals surface area contributed by atoms with Crippen LogP contribution in [0.2, 0.25) is 0 Å². The summed E-state index contributed by atoms with van der Waals surface area (Å²) in [5.41, 5.74) is 2.86. The standard InChI is InChI=1S/C15H15F3N4O3/c1-9-3-5-10(6-4-9)25-8-12(23)19-20-14(24)11-7-22(2)21-13(11)15(16,17)18/h3-7H,8H2,1-2H3,(H,19,23)(H,20,24). The number of nitrogens with zero attached hydrogens (tertiary/aromatic N) is 2. The van der Waals surface area contributed by atoms with Crippen molar-refractivity contribution in [1.82, 2.24) is 20.6 Å². The van der Waals surface area contributed by atoms with Crippen molar-refractivity contribution in [3.8, 4) is 5.75 Å². The van der Waals surface area contributed by atoms with Gasteiger partial charge in [0.1, 0.15) is 5.75 Å². The summed E-state index contributed by atoms with van der Waals surface area (Å²) < 4.78 is 44.4. The molecule has 10 heteroatoms. The van der Waals surface area contributed by atoms with E-state index in [1.165, 1.54) is 7.05 Å². The van der Waals surface area contributed by atoms with Gasteiger partial charge in [0.2, 0.25) is 0 Å². The maximum absolute atomic E-state index is 12.8. The predicted molar refractivity (Wildman–Crippen MR) is 80.5 cm³/mol. The monoisotopic (exact) mass is 356 g/mol. The number of alkyl halides is 3. The van der Waals surface area contributed by atoms with E-state index in [1.54, 1.807) is 24.3 Å². The van der Waals surface area contributed by atoms with Crippen molar-refractivity contribution >= 4 is 11.8 Å². The van der Waals surface area contributed by atoms with Gasteiger partial charge < -0.3 is 4.74 Å². The van der Waals surface area contributed by atoms with E-state index in [2.05, 4.69) is 5.10 Å². The first-order chi connectivity index (χ1) is 11.7. The minimum atomic E-state index is -4.79. The van der Waals surface area contributed by atoms with E-state index in [0.29, 0.717) is 5.75 Å². The molecule has 25 heavy (non-hydrogen) atoms. The third-order valence-corrected chi connectivity index (χ3v) is 3.05. The molecule has 0 radical (unpaired) electrons. The van der Waals surface area contributed by atoms with Crippen LogP contribution in [0.25, 0.3) is 0 Å². The largest absolute Gasteiger partial charge is 0.484 e. The van der Waals surface area contributed by atoms with Crippen molar-refractivity contribution in [3.05, 3.63) is 47.3 Å². The molecule has 1 aromatic heterocycles. The summed E-state index contributed by atoms with van der Waals surface area (Å²) in [4.78, 5) is 23.4. The fourth-order valence-electron chi connectivity index (χ4n) is 1.88. The van der Waals surface area contributed by atoms with Crippen LogP contribution in [-0.4, -0.2) is 28.2 Å². The molecular weight excluding hydrogens is 341 g/mol. The lowest BCUT2D eigenvalue weighted by molar-refractivity contribution is -0.141. The minimum Gasteiger partial charge on any atom is -0.484 e. The number of ether oxygens (including phenoxy) is 1. The topological polar surface area (TPSA) is 85.3 Å². The second-order valence-electron chi connectivity index (χ2n) is 5.17. The fraction of sp³-hybridized carbons (Fsp3) is 0.267. The van der Waals surface area contributed by atoms with Gasteiger partial charge in [0, 0.05) is 13.2 Å². The van der Waals surface area contributed by atoms with Gasteiger partial charge in [0.15, 0.2) is 12.3 Å². The van der Waals surface area contributed by atoms with E-state index in [-0.39, 0.29) is 0 Å². The van der Waals surface area contributed by atoms with Crippen molar-refractivity contribution in [1.29, 1.82) is 0 Å². The summed E-state index contributed by atoms with van der Waals surface area (Å²) >= 11 is 0. The highest BCUT2D eigenvalue weighted by atomic mass is 19.4. The first-order valence-corrected chi connectivity index (χ1v) is 7.06. The van der Waals surface area contributed by atoms with Crippen molar-refractivity contribution in [2.75, 3.05) is 6.61 Å². The zero-order valence-corrected chi connectivity index (χ0v) is 13.3. The summed E-state index contributed by atoms with van der Waals surface area (Å²) in [7, 11) is 1.25. The van der Waals surface area contributed by atoms with Crippen molar-refractivity contribution in [2.45, 2.75) is 13.1 Å². The number of rotatable bonds is 4. The number of benzene rings is 1. The van der Waals surface area contributed by atoms with E-state index >= 15 is 0 Å². The molecule has 0 atom stereocenters. The Balaban J connectivity index is 1.89. The van der Waals surface area contributed by atoms with E-state index in [0.717, 1.165) is 16.4 Å². The zero-order valence-electron chi connectivity index (χ0n) is 13.3. The maximum Gasteiger partial charge on any atom is 0.435 e. The quantitative estimate of drug-likeness (QED) is 0.815. The van der Waals surface area contributed by atoms with Gasteiger partial charge in [-0.05, 0) is 19.1 Å². The molecule has 1 heterocycles. The second-order valence-corrected chi connectivity index (χ2v) is 5.17. The van der Waals surface area contributed by atoms with Crippen LogP contribution >= 0.6 is 0 Å². The van der Waals surface area contributed by atoms with Gasteiger partial charge in [-0.2, -0.15) is 18.3 Å². The van der Waals surface area contributed by atoms with E-state index in [9.17, 15) is 22.8 Å². The second kappa shape index (κ2) is 7.24. The molecule has 0 spiro atoms. The van der Waals surface area contributed by atoms with Crippen molar-refractivity contribution in [3.63, 3.8) is 0 Å².